The van der Waals surface area contributed by atoms with Crippen LogP contribution < -0.4 is 9.47 Å². The van der Waals surface area contributed by atoms with Crippen LogP contribution in [0.15, 0.2) is 72.8 Å². The molecule has 0 saturated carbocycles. The molecule has 1 heterocycles. The van der Waals surface area contributed by atoms with Gasteiger partial charge in [-0.2, -0.15) is 0 Å². The fourth-order valence-corrected chi connectivity index (χ4v) is 4.78. The second-order valence-electron chi connectivity index (χ2n) is 10.2. The van der Waals surface area contributed by atoms with Crippen molar-refractivity contribution in [2.75, 3.05) is 32.8 Å². The molecule has 1 saturated heterocycles. The molecule has 0 amide bonds. The summed E-state index contributed by atoms with van der Waals surface area (Å²) in [4.78, 5) is 13.4. The lowest BCUT2D eigenvalue weighted by Gasteiger charge is -2.29. The smallest absolute Gasteiger partial charge is 0.344 e. The van der Waals surface area contributed by atoms with Crippen molar-refractivity contribution in [1.29, 1.82) is 0 Å². The summed E-state index contributed by atoms with van der Waals surface area (Å²) < 4.78 is 11.5. The Hall–Kier alpha value is -3.76. The molecular formula is C34H36ClNO5. The predicted molar refractivity (Wildman–Crippen MR) is 163 cm³/mol. The van der Waals surface area contributed by atoms with Crippen LogP contribution in [0.2, 0.25) is 5.02 Å². The molecule has 0 spiro atoms. The van der Waals surface area contributed by atoms with Gasteiger partial charge in [0, 0.05) is 17.2 Å². The molecule has 214 valence electrons. The molecule has 41 heavy (non-hydrogen) atoms. The minimum absolute atomic E-state index is 0.280. The quantitative estimate of drug-likeness (QED) is 0.287. The van der Waals surface area contributed by atoms with Crippen molar-refractivity contribution in [3.63, 3.8) is 0 Å². The Bertz CT molecular complexity index is 1400. The van der Waals surface area contributed by atoms with E-state index < -0.39 is 12.1 Å². The van der Waals surface area contributed by atoms with E-state index in [-0.39, 0.29) is 6.61 Å². The van der Waals surface area contributed by atoms with Gasteiger partial charge in [-0.1, -0.05) is 47.7 Å². The number of likely N-dealkylation sites (tertiary alicyclic amines) is 1. The third-order valence-electron chi connectivity index (χ3n) is 7.19. The van der Waals surface area contributed by atoms with Crippen molar-refractivity contribution < 1.29 is 24.5 Å². The first kappa shape index (κ1) is 30.2. The second kappa shape index (κ2) is 14.7. The monoisotopic (exact) mass is 573 g/mol. The van der Waals surface area contributed by atoms with Crippen molar-refractivity contribution >= 4 is 23.1 Å². The normalized spacial score (nSPS) is 15.1. The number of ether oxygens (including phenoxy) is 2. The number of aliphatic hydroxyl groups is 1. The summed E-state index contributed by atoms with van der Waals surface area (Å²) in [6.07, 6.45) is 3.16. The number of benzene rings is 3. The molecule has 1 atom stereocenters. The van der Waals surface area contributed by atoms with Gasteiger partial charge in [0.25, 0.3) is 0 Å². The lowest BCUT2D eigenvalue weighted by molar-refractivity contribution is -0.144. The Labute approximate surface area is 247 Å². The predicted octanol–water partition coefficient (Wildman–Crippen LogP) is 6.07. The summed E-state index contributed by atoms with van der Waals surface area (Å²) in [5.41, 5.74) is 4.82. The molecule has 3 aromatic carbocycles. The summed E-state index contributed by atoms with van der Waals surface area (Å²) >= 11 is 6.15. The number of aliphatic carboxylic acids is 1. The van der Waals surface area contributed by atoms with Crippen molar-refractivity contribution in [3.8, 4) is 23.3 Å². The molecule has 7 heteroatoms. The van der Waals surface area contributed by atoms with Crippen molar-refractivity contribution in [2.45, 2.75) is 32.8 Å². The largest absolute Gasteiger partial charge is 0.489 e. The van der Waals surface area contributed by atoms with E-state index in [9.17, 15) is 9.90 Å². The summed E-state index contributed by atoms with van der Waals surface area (Å²) in [6.45, 7) is 6.67. The molecule has 1 unspecified atom stereocenters. The van der Waals surface area contributed by atoms with E-state index in [4.69, 9.17) is 26.2 Å². The highest BCUT2D eigenvalue weighted by Gasteiger charge is 2.17. The van der Waals surface area contributed by atoms with Gasteiger partial charge in [0.05, 0.1) is 6.54 Å². The van der Waals surface area contributed by atoms with E-state index >= 15 is 0 Å². The van der Waals surface area contributed by atoms with Crippen LogP contribution in [0.5, 0.6) is 11.5 Å². The van der Waals surface area contributed by atoms with E-state index in [1.54, 1.807) is 12.1 Å². The van der Waals surface area contributed by atoms with Gasteiger partial charge in [-0.05, 0) is 117 Å². The first-order valence-corrected chi connectivity index (χ1v) is 14.2. The standard InChI is InChI=1S/C34H36ClNO5/c1-24-22-31(13-14-33(24)41-25(2)34(38)39)40-21-17-32(29-9-11-30(35)12-10-29)28-7-5-26(6-8-28)4-3-18-36-19-15-27(23-37)16-20-36/h5-14,17,22,25,27,37H,15-16,18-21,23H2,1-2H3,(H,38,39)/b32-17+. The third kappa shape index (κ3) is 8.86. The van der Waals surface area contributed by atoms with Gasteiger partial charge in [-0.15, -0.1) is 0 Å². The molecule has 4 rings (SSSR count). The number of aliphatic hydroxyl groups excluding tert-OH is 1. The van der Waals surface area contributed by atoms with Gasteiger partial charge in [0.1, 0.15) is 18.1 Å². The molecule has 0 bridgehead atoms. The van der Waals surface area contributed by atoms with Crippen molar-refractivity contribution in [1.82, 2.24) is 4.90 Å². The zero-order valence-electron chi connectivity index (χ0n) is 23.5. The first-order valence-electron chi connectivity index (χ1n) is 13.8. The highest BCUT2D eigenvalue weighted by molar-refractivity contribution is 6.30. The lowest BCUT2D eigenvalue weighted by Crippen LogP contribution is -2.34. The molecule has 6 nitrogen and oxygen atoms in total. The average molecular weight is 574 g/mol. The maximum atomic E-state index is 11.1. The lowest BCUT2D eigenvalue weighted by atomic mass is 9.97. The summed E-state index contributed by atoms with van der Waals surface area (Å²) in [6, 6.07) is 21.2. The minimum Gasteiger partial charge on any atom is -0.489 e. The van der Waals surface area contributed by atoms with Gasteiger partial charge in [-0.25, -0.2) is 4.79 Å². The number of nitrogens with zero attached hydrogens (tertiary/aromatic N) is 1. The van der Waals surface area contributed by atoms with Crippen LogP contribution in [0.4, 0.5) is 0 Å². The highest BCUT2D eigenvalue weighted by atomic mass is 35.5. The maximum Gasteiger partial charge on any atom is 0.344 e. The Morgan fingerprint density at radius 1 is 1.07 bits per heavy atom. The highest BCUT2D eigenvalue weighted by Crippen LogP contribution is 2.27. The molecule has 0 radical (unpaired) electrons. The Morgan fingerprint density at radius 2 is 1.73 bits per heavy atom. The van der Waals surface area contributed by atoms with E-state index in [2.05, 4.69) is 28.9 Å². The molecule has 2 N–H and O–H groups in total. The van der Waals surface area contributed by atoms with Crippen LogP contribution in [0.25, 0.3) is 5.57 Å². The second-order valence-corrected chi connectivity index (χ2v) is 10.7. The molecule has 1 fully saturated rings. The zero-order valence-corrected chi connectivity index (χ0v) is 24.2. The Kier molecular flexibility index (Phi) is 10.9. The number of aryl methyl sites for hydroxylation is 1. The minimum atomic E-state index is -1.01. The van der Waals surface area contributed by atoms with E-state index in [1.807, 2.05) is 55.5 Å². The number of carboxylic acids is 1. The number of rotatable bonds is 10. The Balaban J connectivity index is 1.44. The van der Waals surface area contributed by atoms with Gasteiger partial charge in [0.2, 0.25) is 0 Å². The van der Waals surface area contributed by atoms with Gasteiger partial charge < -0.3 is 19.7 Å². The van der Waals surface area contributed by atoms with Crippen LogP contribution in [-0.2, 0) is 4.79 Å². The maximum absolute atomic E-state index is 11.1. The Morgan fingerprint density at radius 3 is 2.34 bits per heavy atom. The molecule has 1 aliphatic heterocycles. The summed E-state index contributed by atoms with van der Waals surface area (Å²) in [5, 5.41) is 19.1. The molecule has 0 aromatic heterocycles. The van der Waals surface area contributed by atoms with E-state index in [0.29, 0.717) is 29.0 Å². The topological polar surface area (TPSA) is 79.2 Å². The van der Waals surface area contributed by atoms with Gasteiger partial charge in [0.15, 0.2) is 6.10 Å². The number of carboxylic acid groups (broad SMARTS) is 1. The number of carbonyl (C=O) groups is 1. The third-order valence-corrected chi connectivity index (χ3v) is 7.44. The number of piperidine rings is 1. The number of hydrogen-bond acceptors (Lipinski definition) is 5. The molecule has 1 aliphatic rings. The first-order chi connectivity index (χ1) is 19.8. The SMILES string of the molecule is Cc1cc(OC/C=C(/c2ccc(Cl)cc2)c2ccc(C#CCN3CCC(CO)CC3)cc2)ccc1OC(C)C(=O)O. The number of hydrogen-bond donors (Lipinski definition) is 2. The zero-order chi connectivity index (χ0) is 29.2. The molecular weight excluding hydrogens is 538 g/mol. The van der Waals surface area contributed by atoms with Crippen LogP contribution in [-0.4, -0.2) is 60.0 Å². The average Bonchev–Trinajstić information content (AvgIpc) is 2.98. The van der Waals surface area contributed by atoms with Crippen molar-refractivity contribution in [2.24, 2.45) is 5.92 Å². The summed E-state index contributed by atoms with van der Waals surface area (Å²) in [5.74, 6) is 7.16. The molecule has 0 aliphatic carbocycles. The van der Waals surface area contributed by atoms with E-state index in [1.165, 1.54) is 6.92 Å². The van der Waals surface area contributed by atoms with Crippen LogP contribution in [0.1, 0.15) is 42.0 Å². The van der Waals surface area contributed by atoms with Crippen LogP contribution >= 0.6 is 11.6 Å². The van der Waals surface area contributed by atoms with Gasteiger partial charge in [-0.3, -0.25) is 4.90 Å². The molecule has 3 aromatic rings. The number of halogens is 1. The van der Waals surface area contributed by atoms with Crippen LogP contribution in [0, 0.1) is 24.7 Å². The van der Waals surface area contributed by atoms with Crippen molar-refractivity contribution in [3.05, 3.63) is 100 Å². The fraction of sp³-hybridized carbons (Fsp3) is 0.324. The summed E-state index contributed by atoms with van der Waals surface area (Å²) in [7, 11) is 0. The van der Waals surface area contributed by atoms with E-state index in [0.717, 1.165) is 60.3 Å². The van der Waals surface area contributed by atoms with Crippen LogP contribution in [0.3, 0.4) is 0 Å². The van der Waals surface area contributed by atoms with Gasteiger partial charge >= 0.3 is 5.97 Å². The fourth-order valence-electron chi connectivity index (χ4n) is 4.65.